The summed E-state index contributed by atoms with van der Waals surface area (Å²) in [5.41, 5.74) is 0. The van der Waals surface area contributed by atoms with E-state index in [2.05, 4.69) is 6.58 Å². The number of hydrogen-bond acceptors (Lipinski definition) is 2. The largest absolute Gasteiger partial charge is 0.346 e. The van der Waals surface area contributed by atoms with E-state index >= 15 is 0 Å². The molecular formula is C9H14O2. The van der Waals surface area contributed by atoms with Crippen LogP contribution in [0.25, 0.3) is 0 Å². The molecule has 0 aromatic carbocycles. The van der Waals surface area contributed by atoms with Crippen LogP contribution in [-0.2, 0) is 9.47 Å². The lowest BCUT2D eigenvalue weighted by atomic mass is 10.1. The van der Waals surface area contributed by atoms with E-state index < -0.39 is 5.79 Å². The molecule has 2 nitrogen and oxygen atoms in total. The van der Waals surface area contributed by atoms with E-state index in [0.717, 1.165) is 0 Å². The first-order valence-electron chi connectivity index (χ1n) is 3.82. The molecule has 1 heterocycles. The first-order valence-corrected chi connectivity index (χ1v) is 3.82. The first-order chi connectivity index (χ1) is 5.20. The molecule has 0 aromatic rings. The zero-order chi connectivity index (χ0) is 8.32. The summed E-state index contributed by atoms with van der Waals surface area (Å²) in [7, 11) is 0. The van der Waals surface area contributed by atoms with Crippen molar-refractivity contribution in [3.8, 4) is 0 Å². The highest BCUT2D eigenvalue weighted by Crippen LogP contribution is 2.23. The molecule has 2 radical (unpaired) electrons. The van der Waals surface area contributed by atoms with Gasteiger partial charge in [-0.25, -0.2) is 0 Å². The Bertz CT molecular complexity index is 134. The van der Waals surface area contributed by atoms with Crippen LogP contribution in [0.1, 0.15) is 13.3 Å². The Hall–Kier alpha value is -0.340. The smallest absolute Gasteiger partial charge is 0.184 e. The number of hydrogen-bond donors (Lipinski definition) is 0. The Labute approximate surface area is 68.2 Å². The SMILES string of the molecule is [CH]CC1COC(C)(C=C)OC1. The van der Waals surface area contributed by atoms with E-state index in [1.165, 1.54) is 0 Å². The molecule has 0 aliphatic carbocycles. The minimum Gasteiger partial charge on any atom is -0.346 e. The summed E-state index contributed by atoms with van der Waals surface area (Å²) in [5, 5.41) is 0. The summed E-state index contributed by atoms with van der Waals surface area (Å²) in [6.07, 6.45) is 2.28. The number of rotatable bonds is 2. The summed E-state index contributed by atoms with van der Waals surface area (Å²) in [6.45, 7) is 12.3. The van der Waals surface area contributed by atoms with Crippen LogP contribution in [0.2, 0.25) is 0 Å². The van der Waals surface area contributed by atoms with Crippen molar-refractivity contribution in [3.63, 3.8) is 0 Å². The Morgan fingerprint density at radius 3 is 2.55 bits per heavy atom. The van der Waals surface area contributed by atoms with Crippen molar-refractivity contribution in [2.75, 3.05) is 13.2 Å². The van der Waals surface area contributed by atoms with Gasteiger partial charge >= 0.3 is 0 Å². The lowest BCUT2D eigenvalue weighted by molar-refractivity contribution is -0.243. The highest BCUT2D eigenvalue weighted by molar-refractivity contribution is 4.88. The van der Waals surface area contributed by atoms with Gasteiger partial charge in [-0.1, -0.05) is 6.58 Å². The molecule has 0 bridgehead atoms. The predicted octanol–water partition coefficient (Wildman–Crippen LogP) is 1.65. The molecule has 62 valence electrons. The maximum Gasteiger partial charge on any atom is 0.184 e. The molecule has 0 spiro atoms. The summed E-state index contributed by atoms with van der Waals surface area (Å²) in [5.74, 6) is -0.255. The zero-order valence-corrected chi connectivity index (χ0v) is 6.88. The van der Waals surface area contributed by atoms with Crippen LogP contribution in [0.4, 0.5) is 0 Å². The van der Waals surface area contributed by atoms with Crippen molar-refractivity contribution in [2.45, 2.75) is 19.1 Å². The maximum atomic E-state index is 5.45. The van der Waals surface area contributed by atoms with Crippen LogP contribution in [0.3, 0.4) is 0 Å². The molecule has 1 fully saturated rings. The van der Waals surface area contributed by atoms with Crippen molar-refractivity contribution in [1.82, 2.24) is 0 Å². The van der Waals surface area contributed by atoms with Crippen LogP contribution in [-0.4, -0.2) is 19.0 Å². The average Bonchev–Trinajstić information content (AvgIpc) is 2.06. The summed E-state index contributed by atoms with van der Waals surface area (Å²) in [4.78, 5) is 0. The Kier molecular flexibility index (Phi) is 2.68. The van der Waals surface area contributed by atoms with Crippen molar-refractivity contribution in [1.29, 1.82) is 0 Å². The van der Waals surface area contributed by atoms with Gasteiger partial charge in [-0.05, 0) is 26.3 Å². The Balaban J connectivity index is 2.41. The van der Waals surface area contributed by atoms with Crippen LogP contribution in [0.5, 0.6) is 0 Å². The molecule has 2 heteroatoms. The van der Waals surface area contributed by atoms with Gasteiger partial charge in [-0.15, -0.1) is 0 Å². The quantitative estimate of drug-likeness (QED) is 0.563. The second-order valence-corrected chi connectivity index (χ2v) is 2.94. The van der Waals surface area contributed by atoms with E-state index in [9.17, 15) is 0 Å². The minimum atomic E-state index is -0.592. The third-order valence-corrected chi connectivity index (χ3v) is 1.92. The molecule has 1 aliphatic rings. The second-order valence-electron chi connectivity index (χ2n) is 2.94. The molecule has 11 heavy (non-hydrogen) atoms. The van der Waals surface area contributed by atoms with Crippen LogP contribution < -0.4 is 0 Å². The van der Waals surface area contributed by atoms with Gasteiger partial charge < -0.3 is 9.47 Å². The van der Waals surface area contributed by atoms with Crippen molar-refractivity contribution in [2.24, 2.45) is 5.92 Å². The van der Waals surface area contributed by atoms with Crippen molar-refractivity contribution in [3.05, 3.63) is 19.6 Å². The van der Waals surface area contributed by atoms with Gasteiger partial charge in [0.05, 0.1) is 13.2 Å². The summed E-state index contributed by atoms with van der Waals surface area (Å²) >= 11 is 0. The molecule has 0 N–H and O–H groups in total. The second kappa shape index (κ2) is 3.37. The molecule has 1 rings (SSSR count). The third kappa shape index (κ3) is 2.04. The molecule has 0 amide bonds. The van der Waals surface area contributed by atoms with Gasteiger partial charge in [0.25, 0.3) is 0 Å². The fourth-order valence-corrected chi connectivity index (χ4v) is 0.910. The summed E-state index contributed by atoms with van der Waals surface area (Å²) < 4.78 is 10.8. The molecule has 1 saturated heterocycles. The molecular weight excluding hydrogens is 140 g/mol. The van der Waals surface area contributed by atoms with Crippen LogP contribution >= 0.6 is 0 Å². The average molecular weight is 154 g/mol. The fourth-order valence-electron chi connectivity index (χ4n) is 0.910. The van der Waals surface area contributed by atoms with E-state index in [4.69, 9.17) is 16.4 Å². The molecule has 0 atom stereocenters. The molecule has 1 aliphatic heterocycles. The highest BCUT2D eigenvalue weighted by atomic mass is 16.7. The van der Waals surface area contributed by atoms with E-state index in [1.54, 1.807) is 6.08 Å². The van der Waals surface area contributed by atoms with E-state index in [0.29, 0.717) is 25.6 Å². The number of ether oxygens (including phenoxy) is 2. The molecule has 0 aromatic heterocycles. The lowest BCUT2D eigenvalue weighted by Crippen LogP contribution is -2.39. The van der Waals surface area contributed by atoms with Crippen molar-refractivity contribution >= 4 is 0 Å². The van der Waals surface area contributed by atoms with Gasteiger partial charge in [-0.2, -0.15) is 0 Å². The van der Waals surface area contributed by atoms with Gasteiger partial charge in [0.2, 0.25) is 0 Å². The summed E-state index contributed by atoms with van der Waals surface area (Å²) in [6, 6.07) is 0. The van der Waals surface area contributed by atoms with Gasteiger partial charge in [0, 0.05) is 5.92 Å². The highest BCUT2D eigenvalue weighted by Gasteiger charge is 2.28. The normalized spacial score (nSPS) is 38.5. The topological polar surface area (TPSA) is 18.5 Å². The van der Waals surface area contributed by atoms with Crippen molar-refractivity contribution < 1.29 is 9.47 Å². The predicted molar refractivity (Wildman–Crippen MR) is 42.9 cm³/mol. The fraction of sp³-hybridized carbons (Fsp3) is 0.667. The van der Waals surface area contributed by atoms with Gasteiger partial charge in [0.15, 0.2) is 5.79 Å². The lowest BCUT2D eigenvalue weighted by Gasteiger charge is -2.34. The maximum absolute atomic E-state index is 5.45. The standard InChI is InChI=1S/C9H14O2/c1-4-8-6-10-9(3,5-2)11-7-8/h1,5,8H,2,4,6-7H2,3H3. The van der Waals surface area contributed by atoms with E-state index in [-0.39, 0.29) is 0 Å². The van der Waals surface area contributed by atoms with Gasteiger partial charge in [0.1, 0.15) is 0 Å². The molecule has 0 unspecified atom stereocenters. The minimum absolute atomic E-state index is 0.336. The molecule has 0 saturated carbocycles. The van der Waals surface area contributed by atoms with Crippen LogP contribution in [0, 0.1) is 12.8 Å². The van der Waals surface area contributed by atoms with E-state index in [1.807, 2.05) is 6.92 Å². The zero-order valence-electron chi connectivity index (χ0n) is 6.88. The Morgan fingerprint density at radius 1 is 1.64 bits per heavy atom. The third-order valence-electron chi connectivity index (χ3n) is 1.92. The Morgan fingerprint density at radius 2 is 2.18 bits per heavy atom. The van der Waals surface area contributed by atoms with Crippen LogP contribution in [0.15, 0.2) is 12.7 Å². The monoisotopic (exact) mass is 154 g/mol. The van der Waals surface area contributed by atoms with Gasteiger partial charge in [-0.3, -0.25) is 0 Å². The first kappa shape index (κ1) is 8.75.